The van der Waals surface area contributed by atoms with E-state index in [1.165, 1.54) is 11.1 Å². The van der Waals surface area contributed by atoms with Gasteiger partial charge in [0.1, 0.15) is 0 Å². The lowest BCUT2D eigenvalue weighted by atomic mass is 10.1. The Labute approximate surface area is 89.7 Å². The Kier molecular flexibility index (Phi) is 3.06. The molecule has 3 heteroatoms. The molecule has 2 nitrogen and oxygen atoms in total. The van der Waals surface area contributed by atoms with Crippen LogP contribution in [0, 0.1) is 0 Å². The second-order valence-corrected chi connectivity index (χ2v) is 4.20. The molecule has 1 aromatic rings. The maximum absolute atomic E-state index is 5.94. The van der Waals surface area contributed by atoms with Gasteiger partial charge in [0.15, 0.2) is 0 Å². The van der Waals surface area contributed by atoms with Crippen LogP contribution in [0.5, 0.6) is 0 Å². The molecule has 1 heterocycles. The number of nitrogens with zero attached hydrogens (tertiary/aromatic N) is 1. The van der Waals surface area contributed by atoms with Crippen molar-refractivity contribution in [3.63, 3.8) is 0 Å². The molecule has 0 amide bonds. The summed E-state index contributed by atoms with van der Waals surface area (Å²) in [6.45, 7) is 3.93. The summed E-state index contributed by atoms with van der Waals surface area (Å²) in [5.74, 6) is 0. The standard InChI is InChI=1S/C11H15ClN2/c12-11-3-2-9-7-14(5-1-4-13)8-10(9)6-11/h2-3,6H,1,4-5,7-8,13H2. The van der Waals surface area contributed by atoms with E-state index in [1.807, 2.05) is 6.07 Å². The van der Waals surface area contributed by atoms with Crippen LogP contribution in [-0.4, -0.2) is 18.0 Å². The van der Waals surface area contributed by atoms with Crippen LogP contribution in [0.15, 0.2) is 18.2 Å². The second kappa shape index (κ2) is 4.30. The highest BCUT2D eigenvalue weighted by Crippen LogP contribution is 2.25. The van der Waals surface area contributed by atoms with Gasteiger partial charge in [0, 0.05) is 24.7 Å². The van der Waals surface area contributed by atoms with Gasteiger partial charge in [-0.05, 0) is 36.2 Å². The maximum Gasteiger partial charge on any atom is 0.0409 e. The van der Waals surface area contributed by atoms with Crippen LogP contribution in [0.3, 0.4) is 0 Å². The third-order valence-corrected chi connectivity index (χ3v) is 2.87. The predicted octanol–water partition coefficient (Wildman–Crippen LogP) is 2.00. The fraction of sp³-hybridized carbons (Fsp3) is 0.455. The summed E-state index contributed by atoms with van der Waals surface area (Å²) in [5.41, 5.74) is 8.27. The molecule has 2 rings (SSSR count). The Hall–Kier alpha value is -0.570. The fourth-order valence-electron chi connectivity index (χ4n) is 1.91. The smallest absolute Gasteiger partial charge is 0.0409 e. The molecule has 0 radical (unpaired) electrons. The van der Waals surface area contributed by atoms with Crippen molar-refractivity contribution in [2.45, 2.75) is 19.5 Å². The highest BCUT2D eigenvalue weighted by Gasteiger charge is 2.17. The normalized spacial score (nSPS) is 15.9. The molecular weight excluding hydrogens is 196 g/mol. The first kappa shape index (κ1) is 9.97. The lowest BCUT2D eigenvalue weighted by Crippen LogP contribution is -2.20. The summed E-state index contributed by atoms with van der Waals surface area (Å²) in [6, 6.07) is 6.16. The molecule has 14 heavy (non-hydrogen) atoms. The van der Waals surface area contributed by atoms with Crippen LogP contribution in [0.25, 0.3) is 0 Å². The largest absolute Gasteiger partial charge is 0.330 e. The van der Waals surface area contributed by atoms with Gasteiger partial charge in [0.25, 0.3) is 0 Å². The minimum atomic E-state index is 0.771. The van der Waals surface area contributed by atoms with Crippen LogP contribution in [0.2, 0.25) is 5.02 Å². The van der Waals surface area contributed by atoms with Crippen LogP contribution in [0.1, 0.15) is 17.5 Å². The number of fused-ring (bicyclic) bond motifs is 1. The lowest BCUT2D eigenvalue weighted by molar-refractivity contribution is 0.282. The van der Waals surface area contributed by atoms with Gasteiger partial charge in [0.2, 0.25) is 0 Å². The SMILES string of the molecule is NCCCN1Cc2ccc(Cl)cc2C1. The molecule has 0 fully saturated rings. The Morgan fingerprint density at radius 2 is 2.07 bits per heavy atom. The van der Waals surface area contributed by atoms with Gasteiger partial charge >= 0.3 is 0 Å². The summed E-state index contributed by atoms with van der Waals surface area (Å²) in [5, 5.41) is 0.837. The van der Waals surface area contributed by atoms with Gasteiger partial charge < -0.3 is 5.73 Å². The minimum absolute atomic E-state index is 0.771. The van der Waals surface area contributed by atoms with Crippen molar-refractivity contribution < 1.29 is 0 Å². The molecular formula is C11H15ClN2. The van der Waals surface area contributed by atoms with Crippen LogP contribution in [-0.2, 0) is 13.1 Å². The first-order chi connectivity index (χ1) is 6.79. The zero-order valence-electron chi connectivity index (χ0n) is 8.17. The van der Waals surface area contributed by atoms with Crippen LogP contribution < -0.4 is 5.73 Å². The quantitative estimate of drug-likeness (QED) is 0.827. The second-order valence-electron chi connectivity index (χ2n) is 3.77. The average Bonchev–Trinajstić information content (AvgIpc) is 2.56. The molecule has 0 unspecified atom stereocenters. The minimum Gasteiger partial charge on any atom is -0.330 e. The number of rotatable bonds is 3. The average molecular weight is 211 g/mol. The molecule has 0 aliphatic carbocycles. The zero-order valence-corrected chi connectivity index (χ0v) is 8.93. The lowest BCUT2D eigenvalue weighted by Gasteiger charge is -2.13. The molecule has 1 aliphatic heterocycles. The number of nitrogens with two attached hydrogens (primary N) is 1. The Balaban J connectivity index is 2.03. The van der Waals surface area contributed by atoms with Crippen molar-refractivity contribution in [1.29, 1.82) is 0 Å². The van der Waals surface area contributed by atoms with Gasteiger partial charge in [-0.1, -0.05) is 17.7 Å². The molecule has 0 bridgehead atoms. The molecule has 0 saturated heterocycles. The monoisotopic (exact) mass is 210 g/mol. The molecule has 0 spiro atoms. The van der Waals surface area contributed by atoms with Crippen molar-refractivity contribution >= 4 is 11.6 Å². The summed E-state index contributed by atoms with van der Waals surface area (Å²) in [4.78, 5) is 2.41. The Bertz CT molecular complexity index is 325. The third-order valence-electron chi connectivity index (χ3n) is 2.63. The van der Waals surface area contributed by atoms with Gasteiger partial charge in [-0.15, -0.1) is 0 Å². The van der Waals surface area contributed by atoms with E-state index in [-0.39, 0.29) is 0 Å². The van der Waals surface area contributed by atoms with Gasteiger partial charge in [-0.3, -0.25) is 4.90 Å². The van der Waals surface area contributed by atoms with Crippen molar-refractivity contribution in [2.24, 2.45) is 5.73 Å². The van der Waals surface area contributed by atoms with Gasteiger partial charge in [-0.25, -0.2) is 0 Å². The topological polar surface area (TPSA) is 29.3 Å². The van der Waals surface area contributed by atoms with E-state index >= 15 is 0 Å². The molecule has 0 saturated carbocycles. The van der Waals surface area contributed by atoms with Crippen molar-refractivity contribution in [2.75, 3.05) is 13.1 Å². The van der Waals surface area contributed by atoms with Gasteiger partial charge in [-0.2, -0.15) is 0 Å². The van der Waals surface area contributed by atoms with Crippen LogP contribution >= 0.6 is 11.6 Å². The van der Waals surface area contributed by atoms with E-state index in [1.54, 1.807) is 0 Å². The highest BCUT2D eigenvalue weighted by atomic mass is 35.5. The first-order valence-corrected chi connectivity index (χ1v) is 5.37. The molecule has 0 atom stereocenters. The Morgan fingerprint density at radius 3 is 2.86 bits per heavy atom. The van der Waals surface area contributed by atoms with Crippen molar-refractivity contribution in [3.05, 3.63) is 34.3 Å². The van der Waals surface area contributed by atoms with E-state index < -0.39 is 0 Å². The van der Waals surface area contributed by atoms with Crippen LogP contribution in [0.4, 0.5) is 0 Å². The number of hydrogen-bond donors (Lipinski definition) is 1. The van der Waals surface area contributed by atoms with E-state index in [4.69, 9.17) is 17.3 Å². The van der Waals surface area contributed by atoms with Gasteiger partial charge in [0.05, 0.1) is 0 Å². The van der Waals surface area contributed by atoms with E-state index in [2.05, 4.69) is 17.0 Å². The summed E-state index contributed by atoms with van der Waals surface area (Å²) < 4.78 is 0. The van der Waals surface area contributed by atoms with E-state index in [0.717, 1.165) is 37.6 Å². The Morgan fingerprint density at radius 1 is 1.29 bits per heavy atom. The fourth-order valence-corrected chi connectivity index (χ4v) is 2.10. The van der Waals surface area contributed by atoms with Crippen molar-refractivity contribution in [3.8, 4) is 0 Å². The summed E-state index contributed by atoms with van der Waals surface area (Å²) >= 11 is 5.94. The third kappa shape index (κ3) is 2.08. The number of benzene rings is 1. The van der Waals surface area contributed by atoms with E-state index in [9.17, 15) is 0 Å². The summed E-state index contributed by atoms with van der Waals surface area (Å²) in [7, 11) is 0. The molecule has 1 aromatic carbocycles. The highest BCUT2D eigenvalue weighted by molar-refractivity contribution is 6.30. The molecule has 1 aliphatic rings. The zero-order chi connectivity index (χ0) is 9.97. The molecule has 2 N–H and O–H groups in total. The summed E-state index contributed by atoms with van der Waals surface area (Å²) in [6.07, 6.45) is 1.07. The molecule has 76 valence electrons. The first-order valence-electron chi connectivity index (χ1n) is 4.99. The predicted molar refractivity (Wildman–Crippen MR) is 59.2 cm³/mol. The molecule has 0 aromatic heterocycles. The number of hydrogen-bond acceptors (Lipinski definition) is 2. The maximum atomic E-state index is 5.94. The van der Waals surface area contributed by atoms with E-state index in [0.29, 0.717) is 0 Å². The number of halogens is 1. The van der Waals surface area contributed by atoms with Crippen molar-refractivity contribution in [1.82, 2.24) is 4.90 Å².